The molecule has 0 saturated carbocycles. The van der Waals surface area contributed by atoms with Gasteiger partial charge in [0, 0.05) is 24.4 Å². The van der Waals surface area contributed by atoms with E-state index >= 15 is 0 Å². The summed E-state index contributed by atoms with van der Waals surface area (Å²) in [6.45, 7) is 2.60. The van der Waals surface area contributed by atoms with Crippen LogP contribution in [0, 0.1) is 10.1 Å². The Kier molecular flexibility index (Phi) is 5.32. The van der Waals surface area contributed by atoms with Crippen molar-refractivity contribution in [2.24, 2.45) is 0 Å². The third-order valence-electron chi connectivity index (χ3n) is 3.86. The molecule has 1 aliphatic rings. The minimum Gasteiger partial charge on any atom is -0.325 e. The maximum absolute atomic E-state index is 12.3. The molecule has 9 heteroatoms. The zero-order chi connectivity index (χ0) is 17.0. The molecule has 8 nitrogen and oxygen atoms in total. The van der Waals surface area contributed by atoms with Gasteiger partial charge in [0.05, 0.1) is 22.5 Å². The van der Waals surface area contributed by atoms with E-state index in [1.165, 1.54) is 24.3 Å². The van der Waals surface area contributed by atoms with Crippen molar-refractivity contribution in [3.05, 3.63) is 34.4 Å². The monoisotopic (exact) mass is 341 g/mol. The van der Waals surface area contributed by atoms with Crippen molar-refractivity contribution in [1.82, 2.24) is 4.90 Å². The van der Waals surface area contributed by atoms with Crippen LogP contribution in [-0.2, 0) is 14.6 Å². The van der Waals surface area contributed by atoms with Gasteiger partial charge in [-0.1, -0.05) is 0 Å². The molecule has 1 atom stereocenters. The van der Waals surface area contributed by atoms with Crippen LogP contribution in [-0.4, -0.2) is 54.8 Å². The van der Waals surface area contributed by atoms with Crippen molar-refractivity contribution >= 4 is 27.1 Å². The highest BCUT2D eigenvalue weighted by atomic mass is 32.2. The first-order chi connectivity index (χ1) is 10.8. The molecule has 126 valence electrons. The Morgan fingerprint density at radius 1 is 1.26 bits per heavy atom. The van der Waals surface area contributed by atoms with Crippen LogP contribution in [0.25, 0.3) is 0 Å². The van der Waals surface area contributed by atoms with E-state index < -0.39 is 20.8 Å². The maximum Gasteiger partial charge on any atom is 0.269 e. The molecule has 0 aliphatic carbocycles. The van der Waals surface area contributed by atoms with Crippen molar-refractivity contribution < 1.29 is 18.1 Å². The highest BCUT2D eigenvalue weighted by molar-refractivity contribution is 7.91. The quantitative estimate of drug-likeness (QED) is 0.647. The van der Waals surface area contributed by atoms with Crippen molar-refractivity contribution in [2.75, 3.05) is 29.9 Å². The minimum atomic E-state index is -3.02. The SMILES string of the molecule is C[C@H](C(=O)Nc1ccc([N+](=O)[O-])cc1)N1CCCS(=O)(=O)CC1. The van der Waals surface area contributed by atoms with Crippen LogP contribution in [0.3, 0.4) is 0 Å². The topological polar surface area (TPSA) is 110 Å². The fraction of sp³-hybridized carbons (Fsp3) is 0.500. The Balaban J connectivity index is 1.98. The first-order valence-electron chi connectivity index (χ1n) is 7.28. The average Bonchev–Trinajstić information content (AvgIpc) is 2.67. The normalized spacial score (nSPS) is 19.5. The molecule has 0 radical (unpaired) electrons. The number of nitro benzene ring substituents is 1. The molecule has 1 saturated heterocycles. The van der Waals surface area contributed by atoms with Gasteiger partial charge in [-0.15, -0.1) is 0 Å². The predicted octanol–water partition coefficient (Wildman–Crippen LogP) is 1.04. The highest BCUT2D eigenvalue weighted by Gasteiger charge is 2.26. The van der Waals surface area contributed by atoms with Gasteiger partial charge in [0.15, 0.2) is 9.84 Å². The molecule has 2 rings (SSSR count). The number of hydrogen-bond acceptors (Lipinski definition) is 6. The van der Waals surface area contributed by atoms with Crippen molar-refractivity contribution in [3.63, 3.8) is 0 Å². The number of carbonyl (C=O) groups excluding carboxylic acids is 1. The molecule has 1 amide bonds. The second kappa shape index (κ2) is 7.05. The van der Waals surface area contributed by atoms with Crippen LogP contribution < -0.4 is 5.32 Å². The first kappa shape index (κ1) is 17.4. The maximum atomic E-state index is 12.3. The summed E-state index contributed by atoms with van der Waals surface area (Å²) in [7, 11) is -3.02. The summed E-state index contributed by atoms with van der Waals surface area (Å²) in [4.78, 5) is 24.2. The van der Waals surface area contributed by atoms with Gasteiger partial charge >= 0.3 is 0 Å². The Labute approximate surface area is 134 Å². The predicted molar refractivity (Wildman–Crippen MR) is 86.0 cm³/mol. The smallest absolute Gasteiger partial charge is 0.269 e. The van der Waals surface area contributed by atoms with E-state index in [1.54, 1.807) is 6.92 Å². The van der Waals surface area contributed by atoms with E-state index in [0.29, 0.717) is 25.2 Å². The number of benzene rings is 1. The number of non-ortho nitro benzene ring substituents is 1. The lowest BCUT2D eigenvalue weighted by atomic mass is 10.2. The molecule has 1 aromatic carbocycles. The van der Waals surface area contributed by atoms with Crippen molar-refractivity contribution in [3.8, 4) is 0 Å². The van der Waals surface area contributed by atoms with Gasteiger partial charge in [0.1, 0.15) is 0 Å². The van der Waals surface area contributed by atoms with E-state index in [0.717, 1.165) is 0 Å². The van der Waals surface area contributed by atoms with Crippen LogP contribution in [0.5, 0.6) is 0 Å². The summed E-state index contributed by atoms with van der Waals surface area (Å²) < 4.78 is 23.2. The Hall–Kier alpha value is -2.00. The second-order valence-electron chi connectivity index (χ2n) is 5.51. The van der Waals surface area contributed by atoms with Gasteiger partial charge in [-0.3, -0.25) is 19.8 Å². The summed E-state index contributed by atoms with van der Waals surface area (Å²) >= 11 is 0. The summed E-state index contributed by atoms with van der Waals surface area (Å²) in [5.41, 5.74) is 0.420. The second-order valence-corrected chi connectivity index (χ2v) is 7.81. The Morgan fingerprint density at radius 3 is 2.52 bits per heavy atom. The molecule has 1 aromatic rings. The third-order valence-corrected chi connectivity index (χ3v) is 5.58. The number of nitrogens with zero attached hydrogens (tertiary/aromatic N) is 2. The molecular weight excluding hydrogens is 322 g/mol. The van der Waals surface area contributed by atoms with Crippen LogP contribution in [0.1, 0.15) is 13.3 Å². The molecule has 1 aliphatic heterocycles. The van der Waals surface area contributed by atoms with Crippen LogP contribution in [0.15, 0.2) is 24.3 Å². The Morgan fingerprint density at radius 2 is 1.91 bits per heavy atom. The Bertz CT molecular complexity index is 687. The number of sulfone groups is 1. The lowest BCUT2D eigenvalue weighted by molar-refractivity contribution is -0.384. The van der Waals surface area contributed by atoms with Crippen LogP contribution in [0.4, 0.5) is 11.4 Å². The fourth-order valence-electron chi connectivity index (χ4n) is 2.42. The van der Waals surface area contributed by atoms with E-state index in [2.05, 4.69) is 5.32 Å². The van der Waals surface area contributed by atoms with Gasteiger partial charge < -0.3 is 5.32 Å². The summed E-state index contributed by atoms with van der Waals surface area (Å²) in [5, 5.41) is 13.3. The first-order valence-corrected chi connectivity index (χ1v) is 9.10. The zero-order valence-corrected chi connectivity index (χ0v) is 13.6. The van der Waals surface area contributed by atoms with E-state index in [1.807, 2.05) is 4.90 Å². The van der Waals surface area contributed by atoms with Crippen LogP contribution >= 0.6 is 0 Å². The van der Waals surface area contributed by atoms with Crippen LogP contribution in [0.2, 0.25) is 0 Å². The molecule has 0 aromatic heterocycles. The largest absolute Gasteiger partial charge is 0.325 e. The molecule has 1 fully saturated rings. The number of nitro groups is 1. The van der Waals surface area contributed by atoms with Crippen molar-refractivity contribution in [2.45, 2.75) is 19.4 Å². The lowest BCUT2D eigenvalue weighted by Crippen LogP contribution is -2.43. The number of nitrogens with one attached hydrogen (secondary N) is 1. The lowest BCUT2D eigenvalue weighted by Gasteiger charge is -2.26. The van der Waals surface area contributed by atoms with Gasteiger partial charge in [0.2, 0.25) is 5.91 Å². The summed E-state index contributed by atoms with van der Waals surface area (Å²) in [6.07, 6.45) is 0.511. The number of rotatable bonds is 4. The summed E-state index contributed by atoms with van der Waals surface area (Å²) in [5.74, 6) is -0.0549. The van der Waals surface area contributed by atoms with E-state index in [9.17, 15) is 23.3 Å². The van der Waals surface area contributed by atoms with E-state index in [4.69, 9.17) is 0 Å². The van der Waals surface area contributed by atoms with Gasteiger partial charge in [-0.05, 0) is 32.0 Å². The number of anilines is 1. The number of hydrogen-bond donors (Lipinski definition) is 1. The molecule has 0 bridgehead atoms. The number of carbonyl (C=O) groups is 1. The number of amides is 1. The average molecular weight is 341 g/mol. The summed E-state index contributed by atoms with van der Waals surface area (Å²) in [6, 6.07) is 5.10. The van der Waals surface area contributed by atoms with Gasteiger partial charge in [-0.25, -0.2) is 8.42 Å². The molecule has 1 heterocycles. The molecule has 0 spiro atoms. The molecule has 1 N–H and O–H groups in total. The van der Waals surface area contributed by atoms with E-state index in [-0.39, 0.29) is 23.1 Å². The molecule has 23 heavy (non-hydrogen) atoms. The highest BCUT2D eigenvalue weighted by Crippen LogP contribution is 2.16. The third kappa shape index (κ3) is 4.73. The van der Waals surface area contributed by atoms with Crippen molar-refractivity contribution in [1.29, 1.82) is 0 Å². The molecular formula is C14H19N3O5S. The van der Waals surface area contributed by atoms with Gasteiger partial charge in [0.25, 0.3) is 5.69 Å². The van der Waals surface area contributed by atoms with Gasteiger partial charge in [-0.2, -0.15) is 0 Å². The molecule has 0 unspecified atom stereocenters. The standard InChI is InChI=1S/C14H19N3O5S/c1-11(16-7-2-9-23(21,22)10-8-16)14(18)15-12-3-5-13(6-4-12)17(19)20/h3-6,11H,2,7-10H2,1H3,(H,15,18)/t11-/m1/s1. The zero-order valence-electron chi connectivity index (χ0n) is 12.8. The minimum absolute atomic E-state index is 0.0474. The fourth-order valence-corrected chi connectivity index (χ4v) is 3.71.